The van der Waals surface area contributed by atoms with Crippen LogP contribution in [0.1, 0.15) is 17.0 Å². The van der Waals surface area contributed by atoms with Gasteiger partial charge in [0.05, 0.1) is 18.2 Å². The number of aromatic nitrogens is 2. The lowest BCUT2D eigenvalue weighted by atomic mass is 10.1. The second-order valence-corrected chi connectivity index (χ2v) is 5.94. The molecule has 6 heteroatoms. The van der Waals surface area contributed by atoms with Crippen molar-refractivity contribution in [2.24, 2.45) is 0 Å². The number of benzene rings is 2. The van der Waals surface area contributed by atoms with Gasteiger partial charge in [0.25, 0.3) is 0 Å². The van der Waals surface area contributed by atoms with E-state index in [9.17, 15) is 0 Å². The highest BCUT2D eigenvalue weighted by Gasteiger charge is 2.11. The molecule has 24 heavy (non-hydrogen) atoms. The van der Waals surface area contributed by atoms with Crippen LogP contribution in [0.5, 0.6) is 0 Å². The van der Waals surface area contributed by atoms with Crippen molar-refractivity contribution in [3.8, 4) is 17.5 Å². The maximum absolute atomic E-state index is 8.96. The van der Waals surface area contributed by atoms with Gasteiger partial charge in [0.2, 0.25) is 11.7 Å². The minimum absolute atomic E-state index is 0.518. The van der Waals surface area contributed by atoms with Crippen LogP contribution in [0.2, 0.25) is 5.02 Å². The molecule has 0 N–H and O–H groups in total. The third-order valence-corrected chi connectivity index (χ3v) is 3.70. The van der Waals surface area contributed by atoms with E-state index in [4.69, 9.17) is 21.4 Å². The topological polar surface area (TPSA) is 66.0 Å². The molecule has 0 radical (unpaired) electrons. The monoisotopic (exact) mass is 338 g/mol. The zero-order valence-corrected chi connectivity index (χ0v) is 13.9. The summed E-state index contributed by atoms with van der Waals surface area (Å²) >= 11 is 5.98. The first kappa shape index (κ1) is 16.2. The zero-order valence-electron chi connectivity index (χ0n) is 13.1. The maximum atomic E-state index is 8.96. The molecule has 5 nitrogen and oxygen atoms in total. The van der Waals surface area contributed by atoms with Crippen LogP contribution in [0, 0.1) is 11.3 Å². The van der Waals surface area contributed by atoms with Gasteiger partial charge in [0.15, 0.2) is 0 Å². The standard InChI is InChI=1S/C18H15ClN4O/c1-23(11-14-5-2-4-13(8-14)10-20)12-17-21-18(22-24-17)15-6-3-7-16(19)9-15/h2-9H,11-12H2,1H3. The normalized spacial score (nSPS) is 10.8. The van der Waals surface area contributed by atoms with Gasteiger partial charge in [-0.1, -0.05) is 41.0 Å². The van der Waals surface area contributed by atoms with Gasteiger partial charge in [-0.3, -0.25) is 4.90 Å². The quantitative estimate of drug-likeness (QED) is 0.706. The van der Waals surface area contributed by atoms with Crippen molar-refractivity contribution in [3.63, 3.8) is 0 Å². The largest absolute Gasteiger partial charge is 0.338 e. The Bertz CT molecular complexity index is 884. The maximum Gasteiger partial charge on any atom is 0.241 e. The third kappa shape index (κ3) is 3.99. The Balaban J connectivity index is 1.67. The fourth-order valence-corrected chi connectivity index (χ4v) is 2.59. The summed E-state index contributed by atoms with van der Waals surface area (Å²) in [6.45, 7) is 1.20. The van der Waals surface area contributed by atoms with Gasteiger partial charge >= 0.3 is 0 Å². The molecule has 0 spiro atoms. The molecular weight excluding hydrogens is 324 g/mol. The highest BCUT2D eigenvalue weighted by Crippen LogP contribution is 2.20. The van der Waals surface area contributed by atoms with Gasteiger partial charge in [-0.15, -0.1) is 0 Å². The molecule has 2 aromatic carbocycles. The second kappa shape index (κ2) is 7.26. The van der Waals surface area contributed by atoms with E-state index in [0.29, 0.717) is 35.4 Å². The average molecular weight is 339 g/mol. The minimum atomic E-state index is 0.518. The van der Waals surface area contributed by atoms with E-state index in [1.807, 2.05) is 42.3 Å². The summed E-state index contributed by atoms with van der Waals surface area (Å²) in [4.78, 5) is 6.45. The van der Waals surface area contributed by atoms with Crippen molar-refractivity contribution in [3.05, 3.63) is 70.6 Å². The second-order valence-electron chi connectivity index (χ2n) is 5.51. The van der Waals surface area contributed by atoms with Crippen LogP contribution < -0.4 is 0 Å². The first-order chi connectivity index (χ1) is 11.6. The molecule has 0 saturated carbocycles. The minimum Gasteiger partial charge on any atom is -0.338 e. The number of nitrogens with zero attached hydrogens (tertiary/aromatic N) is 4. The zero-order chi connectivity index (χ0) is 16.9. The summed E-state index contributed by atoms with van der Waals surface area (Å²) < 4.78 is 5.31. The van der Waals surface area contributed by atoms with Gasteiger partial charge in [-0.25, -0.2) is 0 Å². The Morgan fingerprint density at radius 2 is 2.00 bits per heavy atom. The SMILES string of the molecule is CN(Cc1cccc(C#N)c1)Cc1nc(-c2cccc(Cl)c2)no1. The Morgan fingerprint density at radius 1 is 1.17 bits per heavy atom. The van der Waals surface area contributed by atoms with Gasteiger partial charge in [0, 0.05) is 17.1 Å². The van der Waals surface area contributed by atoms with E-state index in [1.54, 1.807) is 18.2 Å². The van der Waals surface area contributed by atoms with E-state index in [1.165, 1.54) is 0 Å². The van der Waals surface area contributed by atoms with Crippen LogP contribution in [0.25, 0.3) is 11.4 Å². The van der Waals surface area contributed by atoms with Crippen LogP contribution in [0.15, 0.2) is 53.1 Å². The first-order valence-electron chi connectivity index (χ1n) is 7.40. The molecule has 1 aromatic heterocycles. The van der Waals surface area contributed by atoms with Crippen molar-refractivity contribution >= 4 is 11.6 Å². The average Bonchev–Trinajstić information content (AvgIpc) is 3.03. The molecule has 0 atom stereocenters. The molecule has 0 bridgehead atoms. The number of nitriles is 1. The van der Waals surface area contributed by atoms with Gasteiger partial charge in [-0.05, 0) is 36.9 Å². The fraction of sp³-hybridized carbons (Fsp3) is 0.167. The summed E-state index contributed by atoms with van der Waals surface area (Å²) in [7, 11) is 1.96. The molecule has 3 aromatic rings. The van der Waals surface area contributed by atoms with Crippen molar-refractivity contribution in [2.45, 2.75) is 13.1 Å². The molecule has 0 amide bonds. The molecule has 0 fully saturated rings. The molecule has 0 unspecified atom stereocenters. The highest BCUT2D eigenvalue weighted by atomic mass is 35.5. The number of halogens is 1. The van der Waals surface area contributed by atoms with Crippen LogP contribution in [-0.4, -0.2) is 22.1 Å². The van der Waals surface area contributed by atoms with Crippen LogP contribution >= 0.6 is 11.6 Å². The number of hydrogen-bond acceptors (Lipinski definition) is 5. The van der Waals surface area contributed by atoms with Gasteiger partial charge in [0.1, 0.15) is 0 Å². The molecule has 0 aliphatic heterocycles. The number of hydrogen-bond donors (Lipinski definition) is 0. The predicted molar refractivity (Wildman–Crippen MR) is 91.1 cm³/mol. The fourth-order valence-electron chi connectivity index (χ4n) is 2.40. The first-order valence-corrected chi connectivity index (χ1v) is 7.78. The Hall–Kier alpha value is -2.68. The molecule has 0 saturated heterocycles. The third-order valence-electron chi connectivity index (χ3n) is 3.46. The van der Waals surface area contributed by atoms with E-state index in [-0.39, 0.29) is 0 Å². The van der Waals surface area contributed by atoms with Crippen molar-refractivity contribution < 1.29 is 4.52 Å². The molecule has 1 heterocycles. The lowest BCUT2D eigenvalue weighted by Gasteiger charge is -2.14. The van der Waals surface area contributed by atoms with Crippen LogP contribution in [0.4, 0.5) is 0 Å². The molecule has 0 aliphatic rings. The molecule has 0 aliphatic carbocycles. The van der Waals surface area contributed by atoms with Gasteiger partial charge < -0.3 is 4.52 Å². The Morgan fingerprint density at radius 3 is 2.79 bits per heavy atom. The van der Waals surface area contributed by atoms with Crippen molar-refractivity contribution in [2.75, 3.05) is 7.05 Å². The Labute approximate surface area is 145 Å². The van der Waals surface area contributed by atoms with Crippen molar-refractivity contribution in [1.29, 1.82) is 5.26 Å². The summed E-state index contributed by atoms with van der Waals surface area (Å²) in [6, 6.07) is 17.0. The van der Waals surface area contributed by atoms with Crippen LogP contribution in [-0.2, 0) is 13.1 Å². The summed E-state index contributed by atoms with van der Waals surface area (Å²) in [6.07, 6.45) is 0. The summed E-state index contributed by atoms with van der Waals surface area (Å²) in [5.41, 5.74) is 2.54. The lowest BCUT2D eigenvalue weighted by molar-refractivity contribution is 0.261. The van der Waals surface area contributed by atoms with Gasteiger partial charge in [-0.2, -0.15) is 10.2 Å². The van der Waals surface area contributed by atoms with E-state index >= 15 is 0 Å². The summed E-state index contributed by atoms with van der Waals surface area (Å²) in [5.74, 6) is 1.05. The smallest absolute Gasteiger partial charge is 0.241 e. The summed E-state index contributed by atoms with van der Waals surface area (Å²) in [5, 5.41) is 13.6. The lowest BCUT2D eigenvalue weighted by Crippen LogP contribution is -2.17. The van der Waals surface area contributed by atoms with Crippen molar-refractivity contribution in [1.82, 2.24) is 15.0 Å². The van der Waals surface area contributed by atoms with Crippen LogP contribution in [0.3, 0.4) is 0 Å². The number of rotatable bonds is 5. The van der Waals surface area contributed by atoms with E-state index in [0.717, 1.165) is 11.1 Å². The predicted octanol–water partition coefficient (Wildman–Crippen LogP) is 3.89. The molecule has 120 valence electrons. The highest BCUT2D eigenvalue weighted by molar-refractivity contribution is 6.30. The molecular formula is C18H15ClN4O. The van der Waals surface area contributed by atoms with E-state index < -0.39 is 0 Å². The van der Waals surface area contributed by atoms with E-state index in [2.05, 4.69) is 16.2 Å². The molecule has 3 rings (SSSR count). The Kier molecular flexibility index (Phi) is 4.90.